The fourth-order valence-electron chi connectivity index (χ4n) is 8.21. The minimum atomic E-state index is -4.92. The molecule has 3 unspecified atom stereocenters. The summed E-state index contributed by atoms with van der Waals surface area (Å²) in [6.07, 6.45) is -6.66. The van der Waals surface area contributed by atoms with Gasteiger partial charge in [-0.25, -0.2) is 0 Å². The number of benzene rings is 1. The van der Waals surface area contributed by atoms with Gasteiger partial charge < -0.3 is 19.6 Å². The van der Waals surface area contributed by atoms with Gasteiger partial charge >= 0.3 is 18.3 Å². The van der Waals surface area contributed by atoms with Gasteiger partial charge in [-0.1, -0.05) is 31.0 Å². The SMILES string of the molecule is CCC[C@H]1N(C(=O)c2ncccc2C(F)(F)F)CCC[C@]1(Oc1csc(C(F)(F)F)c1)C(=O)N1CCc2cc(Cl)ccc2C1C1CCC(C(=O)O)C1. The highest BCUT2D eigenvalue weighted by molar-refractivity contribution is 7.10. The van der Waals surface area contributed by atoms with E-state index in [9.17, 15) is 41.0 Å². The minimum Gasteiger partial charge on any atom is -0.481 e. The second-order valence-corrected chi connectivity index (χ2v) is 14.9. The Balaban J connectivity index is 1.48. The molecule has 1 aromatic carbocycles. The zero-order chi connectivity index (χ0) is 37.6. The molecular weight excluding hydrogens is 736 g/mol. The van der Waals surface area contributed by atoms with E-state index in [1.807, 2.05) is 0 Å². The number of nitrogens with zero attached hydrogens (tertiary/aromatic N) is 3. The zero-order valence-corrected chi connectivity index (χ0v) is 29.5. The molecule has 16 heteroatoms. The summed E-state index contributed by atoms with van der Waals surface area (Å²) >= 11 is 6.71. The van der Waals surface area contributed by atoms with Gasteiger partial charge in [-0.05, 0) is 79.8 Å². The number of hydrogen-bond acceptors (Lipinski definition) is 6. The Kier molecular flexibility index (Phi) is 10.6. The number of rotatable bonds is 8. The Morgan fingerprint density at radius 2 is 1.83 bits per heavy atom. The van der Waals surface area contributed by atoms with E-state index in [-0.39, 0.29) is 50.4 Å². The third kappa shape index (κ3) is 7.22. The number of alkyl halides is 6. The topological polar surface area (TPSA) is 100 Å². The number of carboxylic acid groups (broad SMARTS) is 1. The molecule has 1 saturated heterocycles. The van der Waals surface area contributed by atoms with Crippen LogP contribution in [0, 0.1) is 11.8 Å². The van der Waals surface area contributed by atoms with Crippen LogP contribution < -0.4 is 4.74 Å². The molecule has 2 aliphatic heterocycles. The highest BCUT2D eigenvalue weighted by Crippen LogP contribution is 2.49. The van der Waals surface area contributed by atoms with Crippen LogP contribution in [0.2, 0.25) is 5.02 Å². The number of fused-ring (bicyclic) bond motifs is 1. The highest BCUT2D eigenvalue weighted by atomic mass is 35.5. The van der Waals surface area contributed by atoms with E-state index in [1.54, 1.807) is 30.0 Å². The summed E-state index contributed by atoms with van der Waals surface area (Å²) in [4.78, 5) is 47.2. The van der Waals surface area contributed by atoms with Crippen LogP contribution in [0.25, 0.3) is 0 Å². The molecule has 0 spiro atoms. The van der Waals surface area contributed by atoms with E-state index in [0.29, 0.717) is 42.0 Å². The number of piperidine rings is 1. The predicted octanol–water partition coefficient (Wildman–Crippen LogP) is 8.68. The molecule has 8 nitrogen and oxygen atoms in total. The Morgan fingerprint density at radius 1 is 1.06 bits per heavy atom. The van der Waals surface area contributed by atoms with Crippen molar-refractivity contribution in [2.45, 2.75) is 88.3 Å². The maximum Gasteiger partial charge on any atom is 0.425 e. The molecule has 1 saturated carbocycles. The van der Waals surface area contributed by atoms with E-state index < -0.39 is 69.9 Å². The van der Waals surface area contributed by atoms with Gasteiger partial charge in [-0.2, -0.15) is 26.3 Å². The summed E-state index contributed by atoms with van der Waals surface area (Å²) in [6, 6.07) is 5.97. The van der Waals surface area contributed by atoms with Crippen molar-refractivity contribution in [3.63, 3.8) is 0 Å². The summed E-state index contributed by atoms with van der Waals surface area (Å²) < 4.78 is 90.1. The van der Waals surface area contributed by atoms with Crippen molar-refractivity contribution in [3.8, 4) is 5.75 Å². The number of aliphatic carboxylic acids is 1. The van der Waals surface area contributed by atoms with Gasteiger partial charge in [0.2, 0.25) is 5.60 Å². The monoisotopic (exact) mass is 771 g/mol. The van der Waals surface area contributed by atoms with E-state index >= 15 is 4.79 Å². The van der Waals surface area contributed by atoms with Gasteiger partial charge in [0.25, 0.3) is 11.8 Å². The Hall–Kier alpha value is -3.85. The number of halogens is 7. The van der Waals surface area contributed by atoms with E-state index in [1.165, 1.54) is 0 Å². The molecule has 1 N–H and O–H groups in total. The summed E-state index contributed by atoms with van der Waals surface area (Å²) in [5.74, 6) is -3.89. The third-order valence-electron chi connectivity index (χ3n) is 10.4. The van der Waals surface area contributed by atoms with Crippen molar-refractivity contribution in [2.75, 3.05) is 13.1 Å². The Bertz CT molecular complexity index is 1840. The van der Waals surface area contributed by atoms with E-state index in [4.69, 9.17) is 16.3 Å². The molecule has 3 aromatic rings. The molecule has 1 aliphatic carbocycles. The number of likely N-dealkylation sites (tertiary alicyclic amines) is 1. The summed E-state index contributed by atoms with van der Waals surface area (Å²) in [5.41, 5.74) is -2.52. The number of pyridine rings is 1. The van der Waals surface area contributed by atoms with Crippen molar-refractivity contribution in [2.24, 2.45) is 11.8 Å². The normalized spacial score (nSPS) is 25.2. The second kappa shape index (κ2) is 14.5. The van der Waals surface area contributed by atoms with Crippen LogP contribution in [0.15, 0.2) is 48.0 Å². The second-order valence-electron chi connectivity index (χ2n) is 13.6. The van der Waals surface area contributed by atoms with Crippen molar-refractivity contribution in [1.82, 2.24) is 14.8 Å². The molecule has 2 amide bonds. The maximum atomic E-state index is 15.5. The van der Waals surface area contributed by atoms with Crippen molar-refractivity contribution in [1.29, 1.82) is 0 Å². The first-order valence-corrected chi connectivity index (χ1v) is 18.3. The molecule has 52 heavy (non-hydrogen) atoms. The molecule has 280 valence electrons. The highest BCUT2D eigenvalue weighted by Gasteiger charge is 2.58. The van der Waals surface area contributed by atoms with Gasteiger partial charge in [0.15, 0.2) is 0 Å². The summed E-state index contributed by atoms with van der Waals surface area (Å²) in [7, 11) is 0. The number of carbonyl (C=O) groups excluding carboxylic acids is 2. The van der Waals surface area contributed by atoms with E-state index in [2.05, 4.69) is 4.98 Å². The lowest BCUT2D eigenvalue weighted by Crippen LogP contribution is -2.69. The van der Waals surface area contributed by atoms with Crippen LogP contribution in [0.1, 0.15) is 90.0 Å². The molecule has 6 rings (SSSR count). The third-order valence-corrected chi connectivity index (χ3v) is 11.6. The summed E-state index contributed by atoms with van der Waals surface area (Å²) in [6.45, 7) is 1.83. The first-order chi connectivity index (χ1) is 24.5. The molecule has 2 fully saturated rings. The van der Waals surface area contributed by atoms with Gasteiger partial charge in [0.05, 0.1) is 23.6 Å². The lowest BCUT2D eigenvalue weighted by atomic mass is 9.77. The predicted molar refractivity (Wildman–Crippen MR) is 179 cm³/mol. The van der Waals surface area contributed by atoms with Crippen molar-refractivity contribution >= 4 is 40.7 Å². The smallest absolute Gasteiger partial charge is 0.425 e. The van der Waals surface area contributed by atoms with Gasteiger partial charge in [-0.15, -0.1) is 11.3 Å². The fourth-order valence-corrected chi connectivity index (χ4v) is 9.08. The molecule has 5 atom stereocenters. The average molecular weight is 772 g/mol. The lowest BCUT2D eigenvalue weighted by molar-refractivity contribution is -0.163. The van der Waals surface area contributed by atoms with Crippen LogP contribution in [0.4, 0.5) is 26.3 Å². The largest absolute Gasteiger partial charge is 0.481 e. The number of ether oxygens (including phenoxy) is 1. The molecule has 3 aliphatic rings. The van der Waals surface area contributed by atoms with Crippen molar-refractivity contribution in [3.05, 3.63) is 80.3 Å². The lowest BCUT2D eigenvalue weighted by Gasteiger charge is -2.52. The fraction of sp³-hybridized carbons (Fsp3) is 0.500. The first kappa shape index (κ1) is 37.9. The van der Waals surface area contributed by atoms with Crippen LogP contribution in [0.3, 0.4) is 0 Å². The number of carbonyl (C=O) groups is 3. The first-order valence-electron chi connectivity index (χ1n) is 17.0. The van der Waals surface area contributed by atoms with Crippen LogP contribution in [0.5, 0.6) is 5.75 Å². The van der Waals surface area contributed by atoms with Crippen LogP contribution >= 0.6 is 22.9 Å². The number of aromatic nitrogens is 1. The van der Waals surface area contributed by atoms with Crippen LogP contribution in [-0.4, -0.2) is 62.4 Å². The number of amides is 2. The maximum absolute atomic E-state index is 15.5. The quantitative estimate of drug-likeness (QED) is 0.230. The number of thiophene rings is 1. The number of hydrogen-bond donors (Lipinski definition) is 1. The van der Waals surface area contributed by atoms with Gasteiger partial charge in [0.1, 0.15) is 16.3 Å². The van der Waals surface area contributed by atoms with E-state index in [0.717, 1.165) is 45.8 Å². The van der Waals surface area contributed by atoms with Crippen molar-refractivity contribution < 1.29 is 50.6 Å². The molecule has 4 heterocycles. The van der Waals surface area contributed by atoms with Gasteiger partial charge in [0, 0.05) is 42.2 Å². The standard InChI is InChI=1S/C36H36ClF6N3O5S/c1-2-5-27-34(51-24-18-28(52-19-24)36(41,42)43,12-4-14-45(27)31(47)29-26(35(38,39)40)6-3-13-44-29)33(50)46-15-11-20-17-23(37)9-10-25(20)30(46)21-7-8-22(16-21)32(48)49/h3,6,9-10,13,17-19,21-22,27,30H,2,4-5,7-8,11-12,14-16H2,1H3,(H,48,49)/t21?,22?,27-,30?,34-/m1/s1. The van der Waals surface area contributed by atoms with Gasteiger partial charge in [-0.3, -0.25) is 19.4 Å². The zero-order valence-electron chi connectivity index (χ0n) is 28.0. The Labute approximate surface area is 304 Å². The molecular formula is C36H36ClF6N3O5S. The molecule has 2 aromatic heterocycles. The summed E-state index contributed by atoms with van der Waals surface area (Å²) in [5, 5.41) is 11.4. The Morgan fingerprint density at radius 3 is 2.48 bits per heavy atom. The molecule has 0 bridgehead atoms. The minimum absolute atomic E-state index is 0.0507. The van der Waals surface area contributed by atoms with Crippen LogP contribution in [-0.2, 0) is 28.4 Å². The number of carboxylic acids is 1. The molecule has 0 radical (unpaired) electrons. The average Bonchev–Trinajstić information content (AvgIpc) is 3.78.